The Morgan fingerprint density at radius 3 is 2.05 bits per heavy atom. The Morgan fingerprint density at radius 1 is 0.857 bits per heavy atom. The third kappa shape index (κ3) is 3.24. The van der Waals surface area contributed by atoms with Gasteiger partial charge < -0.3 is 14.6 Å². The minimum atomic E-state index is -3.50. The van der Waals surface area contributed by atoms with Crippen molar-refractivity contribution >= 4 is 10.2 Å². The minimum absolute atomic E-state index is 0.135. The lowest BCUT2D eigenvalue weighted by Crippen LogP contribution is -2.50. The van der Waals surface area contributed by atoms with Crippen LogP contribution >= 0.6 is 0 Å². The van der Waals surface area contributed by atoms with Crippen molar-refractivity contribution < 1.29 is 23.0 Å². The summed E-state index contributed by atoms with van der Waals surface area (Å²) in [6.07, 6.45) is -0.640. The van der Waals surface area contributed by atoms with Gasteiger partial charge in [-0.05, 0) is 0 Å². The van der Waals surface area contributed by atoms with Crippen molar-refractivity contribution in [2.24, 2.45) is 0 Å². The van der Waals surface area contributed by atoms with Gasteiger partial charge in [-0.1, -0.05) is 0 Å². The van der Waals surface area contributed by atoms with Crippen LogP contribution in [0.1, 0.15) is 0 Å². The van der Waals surface area contributed by atoms with Crippen molar-refractivity contribution in [1.29, 1.82) is 0 Å². The molecule has 3 fully saturated rings. The highest BCUT2D eigenvalue weighted by molar-refractivity contribution is 7.86. The Morgan fingerprint density at radius 2 is 1.43 bits per heavy atom. The molecule has 0 aromatic carbocycles. The van der Waals surface area contributed by atoms with Crippen LogP contribution in [0.25, 0.3) is 0 Å². The van der Waals surface area contributed by atoms with Crippen LogP contribution in [0.2, 0.25) is 0 Å². The number of β-amino-alcohol motifs (C(OH)–C–C–N with tert-alkyl or cyclic N) is 1. The normalized spacial score (nSPS) is 34.3. The van der Waals surface area contributed by atoms with Gasteiger partial charge in [-0.15, -0.1) is 0 Å². The van der Waals surface area contributed by atoms with Crippen LogP contribution in [0.3, 0.4) is 0 Å². The summed E-state index contributed by atoms with van der Waals surface area (Å²) in [7, 11) is -3.50. The van der Waals surface area contributed by atoms with E-state index in [1.54, 1.807) is 0 Å². The maximum atomic E-state index is 12.6. The van der Waals surface area contributed by atoms with Crippen LogP contribution in [0, 0.1) is 0 Å². The fourth-order valence-electron chi connectivity index (χ4n) is 3.13. The third-order valence-corrected chi connectivity index (χ3v) is 6.33. The highest BCUT2D eigenvalue weighted by Gasteiger charge is 2.43. The van der Waals surface area contributed by atoms with Crippen LogP contribution < -0.4 is 0 Å². The molecule has 0 unspecified atom stereocenters. The predicted molar refractivity (Wildman–Crippen MR) is 75.1 cm³/mol. The molecule has 0 spiro atoms. The average molecular weight is 321 g/mol. The molecule has 3 aliphatic heterocycles. The molecular formula is C12H23N3O5S. The van der Waals surface area contributed by atoms with Gasteiger partial charge in [0.15, 0.2) is 0 Å². The number of morpholine rings is 2. The van der Waals surface area contributed by atoms with E-state index in [-0.39, 0.29) is 12.6 Å². The topological polar surface area (TPSA) is 82.5 Å². The molecule has 9 heteroatoms. The van der Waals surface area contributed by atoms with Crippen molar-refractivity contribution in [1.82, 2.24) is 13.5 Å². The molecule has 0 radical (unpaired) electrons. The van der Waals surface area contributed by atoms with Crippen LogP contribution in [-0.4, -0.2) is 105 Å². The first kappa shape index (κ1) is 15.6. The summed E-state index contributed by atoms with van der Waals surface area (Å²) >= 11 is 0. The summed E-state index contributed by atoms with van der Waals surface area (Å²) in [6.45, 7) is 4.92. The average Bonchev–Trinajstić information content (AvgIpc) is 2.92. The molecule has 3 aliphatic rings. The largest absolute Gasteiger partial charge is 0.390 e. The summed E-state index contributed by atoms with van der Waals surface area (Å²) < 4.78 is 38.6. The number of rotatable bonds is 3. The van der Waals surface area contributed by atoms with E-state index in [1.165, 1.54) is 8.61 Å². The molecule has 3 heterocycles. The third-order valence-electron chi connectivity index (χ3n) is 4.36. The van der Waals surface area contributed by atoms with Gasteiger partial charge in [-0.25, -0.2) is 0 Å². The minimum Gasteiger partial charge on any atom is -0.390 e. The van der Waals surface area contributed by atoms with Crippen molar-refractivity contribution in [3.05, 3.63) is 0 Å². The first-order chi connectivity index (χ1) is 10.1. The smallest absolute Gasteiger partial charge is 0.282 e. The molecule has 3 saturated heterocycles. The maximum Gasteiger partial charge on any atom is 0.282 e. The fraction of sp³-hybridized carbons (Fsp3) is 1.00. The van der Waals surface area contributed by atoms with Gasteiger partial charge >= 0.3 is 0 Å². The second-order valence-corrected chi connectivity index (χ2v) is 7.55. The van der Waals surface area contributed by atoms with Crippen LogP contribution in [0.5, 0.6) is 0 Å². The zero-order valence-corrected chi connectivity index (χ0v) is 12.9. The lowest BCUT2D eigenvalue weighted by Gasteiger charge is -2.34. The van der Waals surface area contributed by atoms with Gasteiger partial charge in [0, 0.05) is 39.3 Å². The zero-order valence-electron chi connectivity index (χ0n) is 12.1. The van der Waals surface area contributed by atoms with E-state index in [1.807, 2.05) is 0 Å². The van der Waals surface area contributed by atoms with E-state index in [2.05, 4.69) is 4.90 Å². The number of aliphatic hydroxyl groups excluding tert-OH is 1. The van der Waals surface area contributed by atoms with Gasteiger partial charge in [0.1, 0.15) is 0 Å². The number of aliphatic hydroxyl groups is 1. The molecule has 0 saturated carbocycles. The van der Waals surface area contributed by atoms with Gasteiger partial charge in [0.2, 0.25) is 0 Å². The molecule has 0 amide bonds. The van der Waals surface area contributed by atoms with E-state index in [0.29, 0.717) is 46.1 Å². The molecule has 2 atom stereocenters. The number of nitrogens with zero attached hydrogens (tertiary/aromatic N) is 3. The summed E-state index contributed by atoms with van der Waals surface area (Å²) in [5.74, 6) is 0. The number of hydrogen-bond acceptors (Lipinski definition) is 6. The molecular weight excluding hydrogens is 298 g/mol. The quantitative estimate of drug-likeness (QED) is 0.644. The molecule has 21 heavy (non-hydrogen) atoms. The van der Waals surface area contributed by atoms with Crippen molar-refractivity contribution in [3.8, 4) is 0 Å². The first-order valence-corrected chi connectivity index (χ1v) is 8.81. The van der Waals surface area contributed by atoms with Gasteiger partial charge in [0.25, 0.3) is 10.2 Å². The van der Waals surface area contributed by atoms with E-state index in [9.17, 15) is 13.5 Å². The Hall–Kier alpha value is -0.290. The van der Waals surface area contributed by atoms with E-state index in [0.717, 1.165) is 13.1 Å². The number of ether oxygens (including phenoxy) is 2. The molecule has 0 aliphatic carbocycles. The maximum absolute atomic E-state index is 12.6. The Balaban J connectivity index is 1.66. The molecule has 3 rings (SSSR count). The second kappa shape index (κ2) is 6.45. The molecule has 8 nitrogen and oxygen atoms in total. The van der Waals surface area contributed by atoms with Crippen LogP contribution in [0.15, 0.2) is 0 Å². The van der Waals surface area contributed by atoms with E-state index >= 15 is 0 Å². The summed E-state index contributed by atoms with van der Waals surface area (Å²) in [5.41, 5.74) is 0. The Bertz CT molecular complexity index is 448. The van der Waals surface area contributed by atoms with Crippen molar-refractivity contribution in [2.75, 3.05) is 65.7 Å². The Kier molecular flexibility index (Phi) is 4.79. The lowest BCUT2D eigenvalue weighted by atomic mass is 10.2. The van der Waals surface area contributed by atoms with E-state index in [4.69, 9.17) is 9.47 Å². The molecule has 122 valence electrons. The molecule has 1 N–H and O–H groups in total. The Labute approximate surface area is 125 Å². The van der Waals surface area contributed by atoms with Crippen LogP contribution in [-0.2, 0) is 19.7 Å². The molecule has 0 bridgehead atoms. The van der Waals surface area contributed by atoms with Gasteiger partial charge in [-0.3, -0.25) is 4.90 Å². The lowest BCUT2D eigenvalue weighted by molar-refractivity contribution is -0.00604. The standard InChI is InChI=1S/C12H23N3O5S/c16-12-10-15(9-11(12)13-1-5-19-6-2-13)21(17,18)14-3-7-20-8-4-14/h11-12,16H,1-10H2/t11-,12-/m1/s1. The monoisotopic (exact) mass is 321 g/mol. The van der Waals surface area contributed by atoms with E-state index < -0.39 is 16.3 Å². The first-order valence-electron chi connectivity index (χ1n) is 7.42. The SMILES string of the molecule is O=S(=O)(N1CCOCC1)N1C[C@@H](O)[C@H](N2CCOCC2)C1. The molecule has 0 aromatic rings. The van der Waals surface area contributed by atoms with Gasteiger partial charge in [-0.2, -0.15) is 17.0 Å². The molecule has 0 aromatic heterocycles. The van der Waals surface area contributed by atoms with Crippen LogP contribution in [0.4, 0.5) is 0 Å². The van der Waals surface area contributed by atoms with Gasteiger partial charge in [0.05, 0.1) is 38.6 Å². The summed E-state index contributed by atoms with van der Waals surface area (Å²) in [5, 5.41) is 10.2. The fourth-order valence-corrected chi connectivity index (χ4v) is 4.75. The van der Waals surface area contributed by atoms with Crippen molar-refractivity contribution in [2.45, 2.75) is 12.1 Å². The number of hydrogen-bond donors (Lipinski definition) is 1. The predicted octanol–water partition coefficient (Wildman–Crippen LogP) is -2.06. The highest BCUT2D eigenvalue weighted by Crippen LogP contribution is 2.22. The summed E-state index contributed by atoms with van der Waals surface area (Å²) in [6, 6.07) is -0.135. The summed E-state index contributed by atoms with van der Waals surface area (Å²) in [4.78, 5) is 2.13. The van der Waals surface area contributed by atoms with Crippen molar-refractivity contribution in [3.63, 3.8) is 0 Å². The second-order valence-electron chi connectivity index (χ2n) is 5.62. The highest BCUT2D eigenvalue weighted by atomic mass is 32.2. The zero-order chi connectivity index (χ0) is 14.9.